The molecule has 2 aliphatic rings. The minimum absolute atomic E-state index is 0.0946. The Morgan fingerprint density at radius 2 is 1.97 bits per heavy atom. The van der Waals surface area contributed by atoms with Crippen molar-refractivity contribution in [2.45, 2.75) is 62.9 Å². The number of hydrogen-bond donors (Lipinski definition) is 3. The maximum atomic E-state index is 13.4. The number of H-pyrrole nitrogens is 1. The molecule has 35 heavy (non-hydrogen) atoms. The predicted octanol–water partition coefficient (Wildman–Crippen LogP) is 3.69. The number of thiazole rings is 1. The molecule has 1 fully saturated rings. The van der Waals surface area contributed by atoms with Gasteiger partial charge >= 0.3 is 5.97 Å². The molecular formula is C26H30N4O4S. The third-order valence-electron chi connectivity index (χ3n) is 7.00. The highest BCUT2D eigenvalue weighted by atomic mass is 32.1. The number of methoxy groups -OCH3 is 1. The minimum Gasteiger partial charge on any atom is -0.467 e. The predicted molar refractivity (Wildman–Crippen MR) is 133 cm³/mol. The molecular weight excluding hydrogens is 464 g/mol. The molecule has 2 heterocycles. The smallest absolute Gasteiger partial charge is 0.328 e. The van der Waals surface area contributed by atoms with Crippen LogP contribution in [0.25, 0.3) is 10.9 Å². The zero-order chi connectivity index (χ0) is 24.4. The Hall–Kier alpha value is -3.20. The largest absolute Gasteiger partial charge is 0.467 e. The van der Waals surface area contributed by atoms with E-state index >= 15 is 0 Å². The Kier molecular flexibility index (Phi) is 6.86. The number of aromatic amines is 1. The molecule has 5 rings (SSSR count). The van der Waals surface area contributed by atoms with E-state index in [1.165, 1.54) is 12.0 Å². The maximum Gasteiger partial charge on any atom is 0.328 e. The number of amides is 2. The molecule has 9 heteroatoms. The number of esters is 1. The molecule has 2 amide bonds. The van der Waals surface area contributed by atoms with E-state index in [1.54, 1.807) is 17.4 Å². The Bertz CT molecular complexity index is 1200. The van der Waals surface area contributed by atoms with Crippen molar-refractivity contribution in [2.24, 2.45) is 5.92 Å². The standard InChI is InChI=1S/C26H30N4O4S/c1-34-26(33)21(13-17-6-4-8-22-23(17)27-14-35-22)30-24(31)19(11-15-9-10-15)29-25(32)20-12-16-5-2-3-7-18(16)28-20/h2-3,5,7,12,14-15,17,19,21,28H,4,6,8-11,13H2,1H3,(H,29,32)(H,30,31). The molecule has 1 saturated carbocycles. The van der Waals surface area contributed by atoms with E-state index in [-0.39, 0.29) is 17.7 Å². The van der Waals surface area contributed by atoms with Gasteiger partial charge in [-0.25, -0.2) is 9.78 Å². The average molecular weight is 495 g/mol. The van der Waals surface area contributed by atoms with E-state index < -0.39 is 18.1 Å². The normalized spacial score (nSPS) is 18.9. The number of nitrogens with zero attached hydrogens (tertiary/aromatic N) is 1. The molecule has 2 aromatic heterocycles. The monoisotopic (exact) mass is 494 g/mol. The van der Waals surface area contributed by atoms with Crippen molar-refractivity contribution in [3.63, 3.8) is 0 Å². The number of carbonyl (C=O) groups excluding carboxylic acids is 3. The SMILES string of the molecule is COC(=O)C(CC1CCCc2scnc21)NC(=O)C(CC1CC1)NC(=O)c1cc2ccccc2[nH]1. The zero-order valence-corrected chi connectivity index (χ0v) is 20.5. The second-order valence-corrected chi connectivity index (χ2v) is 10.5. The lowest BCUT2D eigenvalue weighted by molar-refractivity contribution is -0.145. The van der Waals surface area contributed by atoms with Crippen LogP contribution in [0.5, 0.6) is 0 Å². The molecule has 2 aliphatic carbocycles. The molecule has 0 spiro atoms. The first-order valence-corrected chi connectivity index (χ1v) is 13.1. The number of nitrogens with one attached hydrogen (secondary N) is 3. The first kappa shape index (κ1) is 23.5. The molecule has 0 bridgehead atoms. The second-order valence-electron chi connectivity index (χ2n) is 9.55. The zero-order valence-electron chi connectivity index (χ0n) is 19.7. The van der Waals surface area contributed by atoms with Crippen molar-refractivity contribution < 1.29 is 19.1 Å². The summed E-state index contributed by atoms with van der Waals surface area (Å²) in [6.07, 6.45) is 6.03. The van der Waals surface area contributed by atoms with Crippen LogP contribution in [0.1, 0.15) is 65.5 Å². The highest BCUT2D eigenvalue weighted by Gasteiger charge is 2.35. The molecule has 0 saturated heterocycles. The van der Waals surface area contributed by atoms with E-state index in [9.17, 15) is 14.4 Å². The fourth-order valence-electron chi connectivity index (χ4n) is 4.94. The Morgan fingerprint density at radius 3 is 2.74 bits per heavy atom. The van der Waals surface area contributed by atoms with Crippen LogP contribution in [0.3, 0.4) is 0 Å². The number of para-hydroxylation sites is 1. The van der Waals surface area contributed by atoms with E-state index in [2.05, 4.69) is 20.6 Å². The van der Waals surface area contributed by atoms with E-state index in [0.29, 0.717) is 24.5 Å². The first-order valence-electron chi connectivity index (χ1n) is 12.2. The third kappa shape index (κ3) is 5.40. The van der Waals surface area contributed by atoms with Gasteiger partial charge in [-0.15, -0.1) is 11.3 Å². The molecule has 3 aromatic rings. The summed E-state index contributed by atoms with van der Waals surface area (Å²) in [4.78, 5) is 47.9. The second kappa shape index (κ2) is 10.2. The van der Waals surface area contributed by atoms with Crippen LogP contribution in [0, 0.1) is 5.92 Å². The van der Waals surface area contributed by atoms with Gasteiger partial charge < -0.3 is 20.4 Å². The van der Waals surface area contributed by atoms with Crippen molar-refractivity contribution in [3.8, 4) is 0 Å². The van der Waals surface area contributed by atoms with Gasteiger partial charge in [-0.3, -0.25) is 9.59 Å². The number of rotatable bonds is 9. The summed E-state index contributed by atoms with van der Waals surface area (Å²) >= 11 is 1.64. The van der Waals surface area contributed by atoms with Gasteiger partial charge in [0.15, 0.2) is 0 Å². The van der Waals surface area contributed by atoms with E-state index in [1.807, 2.05) is 29.8 Å². The first-order chi connectivity index (χ1) is 17.0. The molecule has 3 atom stereocenters. The van der Waals surface area contributed by atoms with Gasteiger partial charge in [0, 0.05) is 21.7 Å². The van der Waals surface area contributed by atoms with Crippen LogP contribution in [-0.2, 0) is 20.7 Å². The van der Waals surface area contributed by atoms with Gasteiger partial charge in [-0.2, -0.15) is 0 Å². The van der Waals surface area contributed by atoms with Crippen molar-refractivity contribution in [1.29, 1.82) is 0 Å². The Balaban J connectivity index is 1.29. The van der Waals surface area contributed by atoms with Crippen LogP contribution in [0.2, 0.25) is 0 Å². The lowest BCUT2D eigenvalue weighted by Crippen LogP contribution is -2.52. The molecule has 3 N–H and O–H groups in total. The third-order valence-corrected chi connectivity index (χ3v) is 7.91. The summed E-state index contributed by atoms with van der Waals surface area (Å²) in [7, 11) is 1.33. The summed E-state index contributed by atoms with van der Waals surface area (Å²) in [5, 5.41) is 6.72. The fourth-order valence-corrected chi connectivity index (χ4v) is 5.83. The lowest BCUT2D eigenvalue weighted by atomic mass is 9.86. The van der Waals surface area contributed by atoms with Crippen LogP contribution in [0.15, 0.2) is 35.8 Å². The van der Waals surface area contributed by atoms with Crippen molar-refractivity contribution in [3.05, 3.63) is 52.1 Å². The summed E-state index contributed by atoms with van der Waals surface area (Å²) < 4.78 is 5.02. The highest BCUT2D eigenvalue weighted by molar-refractivity contribution is 7.09. The minimum atomic E-state index is -0.795. The van der Waals surface area contributed by atoms with Crippen molar-refractivity contribution in [2.75, 3.05) is 7.11 Å². The molecule has 0 radical (unpaired) electrons. The van der Waals surface area contributed by atoms with E-state index in [4.69, 9.17) is 4.74 Å². The molecule has 184 valence electrons. The number of fused-ring (bicyclic) bond motifs is 2. The van der Waals surface area contributed by atoms with Crippen molar-refractivity contribution >= 4 is 40.0 Å². The number of carbonyl (C=O) groups is 3. The average Bonchev–Trinajstić information content (AvgIpc) is 3.37. The molecule has 3 unspecified atom stereocenters. The summed E-state index contributed by atoms with van der Waals surface area (Å²) in [6.45, 7) is 0. The molecule has 8 nitrogen and oxygen atoms in total. The summed E-state index contributed by atoms with van der Waals surface area (Å²) in [5.41, 5.74) is 4.15. The van der Waals surface area contributed by atoms with Crippen molar-refractivity contribution in [1.82, 2.24) is 20.6 Å². The van der Waals surface area contributed by atoms with Crippen LogP contribution in [-0.4, -0.2) is 46.9 Å². The number of aryl methyl sites for hydroxylation is 1. The Labute approximate surface area is 207 Å². The van der Waals surface area contributed by atoms with Gasteiger partial charge in [0.25, 0.3) is 5.91 Å². The fraction of sp³-hybridized carbons (Fsp3) is 0.462. The van der Waals surface area contributed by atoms with Gasteiger partial charge in [-0.05, 0) is 50.2 Å². The lowest BCUT2D eigenvalue weighted by Gasteiger charge is -2.27. The van der Waals surface area contributed by atoms with E-state index in [0.717, 1.165) is 48.7 Å². The van der Waals surface area contributed by atoms with Crippen LogP contribution < -0.4 is 10.6 Å². The van der Waals surface area contributed by atoms with Gasteiger partial charge in [0.1, 0.15) is 17.8 Å². The highest BCUT2D eigenvalue weighted by Crippen LogP contribution is 2.36. The van der Waals surface area contributed by atoms with Gasteiger partial charge in [0.2, 0.25) is 5.91 Å². The van der Waals surface area contributed by atoms with Gasteiger partial charge in [-0.1, -0.05) is 31.0 Å². The number of hydrogen-bond acceptors (Lipinski definition) is 6. The number of ether oxygens (including phenoxy) is 1. The maximum absolute atomic E-state index is 13.4. The number of aromatic nitrogens is 2. The summed E-state index contributed by atoms with van der Waals surface area (Å²) in [6, 6.07) is 7.90. The summed E-state index contributed by atoms with van der Waals surface area (Å²) in [5.74, 6) is -0.673. The number of benzene rings is 1. The Morgan fingerprint density at radius 1 is 1.14 bits per heavy atom. The van der Waals surface area contributed by atoms with Gasteiger partial charge in [0.05, 0.1) is 18.3 Å². The molecule has 0 aliphatic heterocycles. The van der Waals surface area contributed by atoms with Crippen LogP contribution >= 0.6 is 11.3 Å². The quantitative estimate of drug-likeness (QED) is 0.393. The van der Waals surface area contributed by atoms with Crippen LogP contribution in [0.4, 0.5) is 0 Å². The topological polar surface area (TPSA) is 113 Å². The molecule has 1 aromatic carbocycles.